The number of hydrogen-bond donors (Lipinski definition) is 2. The van der Waals surface area contributed by atoms with Crippen LogP contribution in [0.15, 0.2) is 48.5 Å². The Morgan fingerprint density at radius 1 is 1.10 bits per heavy atom. The van der Waals surface area contributed by atoms with E-state index in [2.05, 4.69) is 17.6 Å². The van der Waals surface area contributed by atoms with Crippen molar-refractivity contribution in [3.8, 4) is 0 Å². The molecule has 0 radical (unpaired) electrons. The molecule has 0 saturated carbocycles. The van der Waals surface area contributed by atoms with Crippen molar-refractivity contribution in [1.29, 1.82) is 0 Å². The van der Waals surface area contributed by atoms with Crippen LogP contribution >= 0.6 is 0 Å². The summed E-state index contributed by atoms with van der Waals surface area (Å²) in [5, 5.41) is 5.67. The molecule has 6 heteroatoms. The van der Waals surface area contributed by atoms with Crippen LogP contribution in [0.4, 0.5) is 11.4 Å². The van der Waals surface area contributed by atoms with Gasteiger partial charge in [-0.15, -0.1) is 0 Å². The van der Waals surface area contributed by atoms with E-state index in [1.54, 1.807) is 29.2 Å². The van der Waals surface area contributed by atoms with E-state index >= 15 is 0 Å². The maximum atomic E-state index is 12.8. The Labute approximate surface area is 171 Å². The SMILES string of the molecule is CCc1ccc(N2C[C@H](C(=O)Nc3ccccc3C(=O)NC(C)C)CC2=O)cc1. The minimum absolute atomic E-state index is 0.00799. The van der Waals surface area contributed by atoms with Crippen molar-refractivity contribution in [3.05, 3.63) is 59.7 Å². The molecular weight excluding hydrogens is 366 g/mol. The van der Waals surface area contributed by atoms with Gasteiger partial charge >= 0.3 is 0 Å². The molecule has 152 valence electrons. The molecule has 0 spiro atoms. The molecule has 1 heterocycles. The predicted molar refractivity (Wildman–Crippen MR) is 114 cm³/mol. The summed E-state index contributed by atoms with van der Waals surface area (Å²) in [7, 11) is 0. The number of nitrogens with zero attached hydrogens (tertiary/aromatic N) is 1. The lowest BCUT2D eigenvalue weighted by molar-refractivity contribution is -0.122. The van der Waals surface area contributed by atoms with Gasteiger partial charge < -0.3 is 15.5 Å². The zero-order chi connectivity index (χ0) is 21.0. The first-order valence-corrected chi connectivity index (χ1v) is 9.99. The summed E-state index contributed by atoms with van der Waals surface area (Å²) in [5.41, 5.74) is 2.87. The number of anilines is 2. The first-order chi connectivity index (χ1) is 13.9. The Bertz CT molecular complexity index is 906. The van der Waals surface area contributed by atoms with Gasteiger partial charge in [-0.25, -0.2) is 0 Å². The highest BCUT2D eigenvalue weighted by molar-refractivity contribution is 6.07. The molecule has 1 aliphatic heterocycles. The summed E-state index contributed by atoms with van der Waals surface area (Å²) in [6.07, 6.45) is 1.09. The van der Waals surface area contributed by atoms with Gasteiger partial charge in [-0.1, -0.05) is 31.2 Å². The fourth-order valence-electron chi connectivity index (χ4n) is 3.41. The average Bonchev–Trinajstić information content (AvgIpc) is 3.09. The van der Waals surface area contributed by atoms with Crippen LogP contribution in [-0.2, 0) is 16.0 Å². The van der Waals surface area contributed by atoms with E-state index in [1.807, 2.05) is 38.1 Å². The van der Waals surface area contributed by atoms with Gasteiger partial charge in [0.15, 0.2) is 0 Å². The maximum absolute atomic E-state index is 12.8. The fraction of sp³-hybridized carbons (Fsp3) is 0.348. The number of benzene rings is 2. The summed E-state index contributed by atoms with van der Waals surface area (Å²) in [5.74, 6) is -1.03. The molecule has 0 bridgehead atoms. The molecule has 0 unspecified atom stereocenters. The van der Waals surface area contributed by atoms with Gasteiger partial charge in [-0.05, 0) is 50.1 Å². The third-order valence-corrected chi connectivity index (χ3v) is 5.00. The molecular formula is C23H27N3O3. The molecule has 2 aromatic carbocycles. The zero-order valence-corrected chi connectivity index (χ0v) is 17.1. The van der Waals surface area contributed by atoms with E-state index < -0.39 is 5.92 Å². The number of para-hydroxylation sites is 1. The summed E-state index contributed by atoms with van der Waals surface area (Å²) >= 11 is 0. The number of nitrogens with one attached hydrogen (secondary N) is 2. The first kappa shape index (κ1) is 20.6. The Kier molecular flexibility index (Phi) is 6.32. The Hall–Kier alpha value is -3.15. The molecule has 1 fully saturated rings. The van der Waals surface area contributed by atoms with Crippen molar-refractivity contribution in [2.75, 3.05) is 16.8 Å². The van der Waals surface area contributed by atoms with Gasteiger partial charge in [0, 0.05) is 24.7 Å². The molecule has 2 N–H and O–H groups in total. The van der Waals surface area contributed by atoms with Crippen molar-refractivity contribution in [2.24, 2.45) is 5.92 Å². The Morgan fingerprint density at radius 2 is 1.79 bits per heavy atom. The van der Waals surface area contributed by atoms with Crippen molar-refractivity contribution in [2.45, 2.75) is 39.7 Å². The van der Waals surface area contributed by atoms with Crippen molar-refractivity contribution < 1.29 is 14.4 Å². The largest absolute Gasteiger partial charge is 0.350 e. The van der Waals surface area contributed by atoms with E-state index in [1.165, 1.54) is 5.56 Å². The minimum Gasteiger partial charge on any atom is -0.350 e. The Morgan fingerprint density at radius 3 is 2.45 bits per heavy atom. The molecule has 0 aromatic heterocycles. The summed E-state index contributed by atoms with van der Waals surface area (Å²) < 4.78 is 0. The molecule has 3 rings (SSSR count). The van der Waals surface area contributed by atoms with Crippen LogP contribution in [0.1, 0.15) is 43.1 Å². The van der Waals surface area contributed by atoms with Crippen LogP contribution < -0.4 is 15.5 Å². The quantitative estimate of drug-likeness (QED) is 0.790. The second kappa shape index (κ2) is 8.90. The van der Waals surface area contributed by atoms with Gasteiger partial charge in [0.05, 0.1) is 17.2 Å². The van der Waals surface area contributed by atoms with Crippen molar-refractivity contribution in [1.82, 2.24) is 5.32 Å². The second-order valence-electron chi connectivity index (χ2n) is 7.59. The summed E-state index contributed by atoms with van der Waals surface area (Å²) in [6.45, 7) is 6.17. The fourth-order valence-corrected chi connectivity index (χ4v) is 3.41. The van der Waals surface area contributed by atoms with Crippen LogP contribution in [0.25, 0.3) is 0 Å². The molecule has 1 saturated heterocycles. The summed E-state index contributed by atoms with van der Waals surface area (Å²) in [6, 6.07) is 14.7. The third-order valence-electron chi connectivity index (χ3n) is 5.00. The highest BCUT2D eigenvalue weighted by Crippen LogP contribution is 2.27. The maximum Gasteiger partial charge on any atom is 0.253 e. The van der Waals surface area contributed by atoms with E-state index in [0.717, 1.165) is 12.1 Å². The zero-order valence-electron chi connectivity index (χ0n) is 17.1. The van der Waals surface area contributed by atoms with Gasteiger partial charge in [0.2, 0.25) is 11.8 Å². The normalized spacial score (nSPS) is 16.2. The predicted octanol–water partition coefficient (Wildman–Crippen LogP) is 3.38. The van der Waals surface area contributed by atoms with Gasteiger partial charge in [0.25, 0.3) is 5.91 Å². The van der Waals surface area contributed by atoms with Gasteiger partial charge in [0.1, 0.15) is 0 Å². The summed E-state index contributed by atoms with van der Waals surface area (Å²) in [4.78, 5) is 39.3. The van der Waals surface area contributed by atoms with Crippen molar-refractivity contribution in [3.63, 3.8) is 0 Å². The topological polar surface area (TPSA) is 78.5 Å². The molecule has 1 atom stereocenters. The number of carbonyl (C=O) groups excluding carboxylic acids is 3. The van der Waals surface area contributed by atoms with Crippen LogP contribution in [0.3, 0.4) is 0 Å². The smallest absolute Gasteiger partial charge is 0.253 e. The third kappa shape index (κ3) is 4.83. The molecule has 6 nitrogen and oxygen atoms in total. The first-order valence-electron chi connectivity index (χ1n) is 9.99. The van der Waals surface area contributed by atoms with E-state index in [-0.39, 0.29) is 30.2 Å². The lowest BCUT2D eigenvalue weighted by Gasteiger charge is -2.18. The van der Waals surface area contributed by atoms with Crippen molar-refractivity contribution >= 4 is 29.1 Å². The standard InChI is InChI=1S/C23H27N3O3/c1-4-16-9-11-18(12-10-16)26-14-17(13-21(26)27)22(28)25-20-8-6-5-7-19(20)23(29)24-15(2)3/h5-12,15,17H,4,13-14H2,1-3H3,(H,24,29)(H,25,28)/t17-/m1/s1. The number of hydrogen-bond acceptors (Lipinski definition) is 3. The number of rotatable bonds is 6. The minimum atomic E-state index is -0.463. The highest BCUT2D eigenvalue weighted by atomic mass is 16.2. The van der Waals surface area contributed by atoms with Gasteiger partial charge in [-0.2, -0.15) is 0 Å². The van der Waals surface area contributed by atoms with E-state index in [9.17, 15) is 14.4 Å². The highest BCUT2D eigenvalue weighted by Gasteiger charge is 2.35. The lowest BCUT2D eigenvalue weighted by atomic mass is 10.1. The number of carbonyl (C=O) groups is 3. The average molecular weight is 393 g/mol. The Balaban J connectivity index is 1.70. The monoisotopic (exact) mass is 393 g/mol. The number of amides is 3. The van der Waals surface area contributed by atoms with E-state index in [4.69, 9.17) is 0 Å². The second-order valence-corrected chi connectivity index (χ2v) is 7.59. The van der Waals surface area contributed by atoms with Crippen LogP contribution in [0, 0.1) is 5.92 Å². The lowest BCUT2D eigenvalue weighted by Crippen LogP contribution is -2.32. The molecule has 2 aromatic rings. The van der Waals surface area contributed by atoms with E-state index in [0.29, 0.717) is 17.8 Å². The van der Waals surface area contributed by atoms with Crippen LogP contribution in [0.5, 0.6) is 0 Å². The van der Waals surface area contributed by atoms with Gasteiger partial charge in [-0.3, -0.25) is 14.4 Å². The molecule has 0 aliphatic carbocycles. The molecule has 3 amide bonds. The molecule has 1 aliphatic rings. The molecule has 29 heavy (non-hydrogen) atoms. The van der Waals surface area contributed by atoms with Crippen LogP contribution in [-0.4, -0.2) is 30.3 Å². The number of aryl methyl sites for hydroxylation is 1. The van der Waals surface area contributed by atoms with Crippen LogP contribution in [0.2, 0.25) is 0 Å².